The van der Waals surface area contributed by atoms with Gasteiger partial charge in [0.15, 0.2) is 6.71 Å². The second kappa shape index (κ2) is 5.40. The summed E-state index contributed by atoms with van der Waals surface area (Å²) in [6, 6.07) is 0. The molecule has 0 saturated heterocycles. The van der Waals surface area contributed by atoms with Gasteiger partial charge in [0.05, 0.1) is 0 Å². The van der Waals surface area contributed by atoms with Gasteiger partial charge in [0.1, 0.15) is 0 Å². The van der Waals surface area contributed by atoms with Gasteiger partial charge in [0, 0.05) is 0 Å². The highest BCUT2D eigenvalue weighted by Crippen LogP contribution is 2.69. The molecule has 0 aromatic rings. The van der Waals surface area contributed by atoms with Gasteiger partial charge in [-0.2, -0.15) is 0 Å². The van der Waals surface area contributed by atoms with Crippen LogP contribution in [-0.2, 0) is 0 Å². The van der Waals surface area contributed by atoms with Crippen LogP contribution < -0.4 is 0 Å². The van der Waals surface area contributed by atoms with E-state index in [2.05, 4.69) is 54.2 Å². The number of rotatable bonds is 4. The number of fused-ring (bicyclic) bond motifs is 4. The zero-order chi connectivity index (χ0) is 17.4. The highest BCUT2D eigenvalue weighted by molar-refractivity contribution is 6.62. The van der Waals surface area contributed by atoms with E-state index in [1.54, 1.807) is 0 Å². The Hall–Kier alpha value is -0.195. The summed E-state index contributed by atoms with van der Waals surface area (Å²) in [7, 11) is 0. The van der Waals surface area contributed by atoms with E-state index in [-0.39, 0.29) is 0 Å². The van der Waals surface area contributed by atoms with Crippen molar-refractivity contribution in [2.24, 2.45) is 46.3 Å². The molecule has 0 aliphatic heterocycles. The summed E-state index contributed by atoms with van der Waals surface area (Å²) in [5, 5.41) is 0. The number of allylic oxidation sites excluding steroid dienone is 1. The molecule has 0 nitrogen and oxygen atoms in total. The molecule has 0 radical (unpaired) electrons. The van der Waals surface area contributed by atoms with Crippen LogP contribution >= 0.6 is 0 Å². The molecule has 0 heterocycles. The van der Waals surface area contributed by atoms with Crippen molar-refractivity contribution >= 4 is 6.71 Å². The molecule has 0 aromatic heterocycles. The molecule has 6 saturated carbocycles. The Kier molecular flexibility index (Phi) is 3.88. The predicted molar refractivity (Wildman–Crippen MR) is 107 cm³/mol. The van der Waals surface area contributed by atoms with Gasteiger partial charge in [-0.25, -0.2) is 0 Å². The van der Waals surface area contributed by atoms with Gasteiger partial charge in [0.25, 0.3) is 0 Å². The first-order valence-electron chi connectivity index (χ1n) is 10.8. The monoisotopic (exact) mass is 326 g/mol. The third-order valence-electron chi connectivity index (χ3n) is 10.4. The SMILES string of the molecule is C=CCB([C@@H]1CC2CC([C@H]1C)C2(C)C)[C@@H]1CC2CC([C@H]1C)C2(C)C. The highest BCUT2D eigenvalue weighted by atomic mass is 14.6. The smallest absolute Gasteiger partial charge is 0.104 e. The van der Waals surface area contributed by atoms with Crippen LogP contribution in [0.1, 0.15) is 67.2 Å². The van der Waals surface area contributed by atoms with E-state index in [1.165, 1.54) is 32.0 Å². The molecule has 4 bridgehead atoms. The van der Waals surface area contributed by atoms with Crippen molar-refractivity contribution in [2.45, 2.75) is 85.2 Å². The molecule has 0 amide bonds. The van der Waals surface area contributed by atoms with Crippen molar-refractivity contribution in [1.29, 1.82) is 0 Å². The van der Waals surface area contributed by atoms with Gasteiger partial charge in [-0.15, -0.1) is 6.58 Å². The van der Waals surface area contributed by atoms with E-state index in [0.29, 0.717) is 10.8 Å². The highest BCUT2D eigenvalue weighted by Gasteiger charge is 2.61. The average Bonchev–Trinajstić information content (AvgIpc) is 2.52. The number of hydrogen-bond donors (Lipinski definition) is 0. The van der Waals surface area contributed by atoms with Crippen LogP contribution in [-0.4, -0.2) is 6.71 Å². The Balaban J connectivity index is 1.55. The molecule has 4 unspecified atom stereocenters. The van der Waals surface area contributed by atoms with E-state index in [0.717, 1.165) is 53.9 Å². The first kappa shape index (κ1) is 17.2. The molecule has 24 heavy (non-hydrogen) atoms. The fourth-order valence-corrected chi connectivity index (χ4v) is 8.37. The Morgan fingerprint density at radius 3 is 1.54 bits per heavy atom. The third-order valence-corrected chi connectivity index (χ3v) is 10.4. The predicted octanol–water partition coefficient (Wildman–Crippen LogP) is 6.81. The largest absolute Gasteiger partial charge is 0.150 e. The summed E-state index contributed by atoms with van der Waals surface area (Å²) < 4.78 is 0. The zero-order valence-electron chi connectivity index (χ0n) is 17.0. The summed E-state index contributed by atoms with van der Waals surface area (Å²) in [4.78, 5) is 0. The molecule has 6 fully saturated rings. The molecule has 0 N–H and O–H groups in total. The standard InChI is InChI=1S/C23H39B/c1-8-9-24(20-12-16-10-18(14(20)2)22(16,4)5)21-13-17-11-19(15(21)3)23(17,6)7/h8,14-21H,1,9-13H2,2-7H3/t14-,15-,16?,17?,18?,19?,20-,21-/m1/s1. The lowest BCUT2D eigenvalue weighted by Crippen LogP contribution is -2.59. The molecule has 134 valence electrons. The summed E-state index contributed by atoms with van der Waals surface area (Å²) in [5.74, 6) is 7.75. The van der Waals surface area contributed by atoms with Crippen molar-refractivity contribution in [1.82, 2.24) is 0 Å². The zero-order valence-corrected chi connectivity index (χ0v) is 17.0. The molecule has 6 rings (SSSR count). The maximum Gasteiger partial charge on any atom is 0.150 e. The molecule has 6 aliphatic rings. The van der Waals surface area contributed by atoms with E-state index >= 15 is 0 Å². The fourth-order valence-electron chi connectivity index (χ4n) is 8.37. The third kappa shape index (κ3) is 2.11. The molecule has 8 atom stereocenters. The lowest BCUT2D eigenvalue weighted by molar-refractivity contribution is -0.107. The van der Waals surface area contributed by atoms with Crippen molar-refractivity contribution in [3.8, 4) is 0 Å². The Morgan fingerprint density at radius 2 is 1.25 bits per heavy atom. The average molecular weight is 326 g/mol. The number of hydrogen-bond acceptors (Lipinski definition) is 0. The maximum absolute atomic E-state index is 4.16. The molecule has 0 spiro atoms. The van der Waals surface area contributed by atoms with Crippen LogP contribution in [0, 0.1) is 46.3 Å². The maximum atomic E-state index is 4.16. The first-order valence-corrected chi connectivity index (χ1v) is 10.8. The van der Waals surface area contributed by atoms with Gasteiger partial charge < -0.3 is 0 Å². The van der Waals surface area contributed by atoms with Gasteiger partial charge in [-0.1, -0.05) is 78.4 Å². The minimum Gasteiger partial charge on any atom is -0.104 e. The topological polar surface area (TPSA) is 0 Å². The molecule has 6 aliphatic carbocycles. The first-order chi connectivity index (χ1) is 11.2. The Labute approximate surface area is 151 Å². The fraction of sp³-hybridized carbons (Fsp3) is 0.913. The van der Waals surface area contributed by atoms with Crippen LogP contribution in [0.2, 0.25) is 18.0 Å². The minimum atomic E-state index is 0.622. The second-order valence-corrected chi connectivity index (χ2v) is 11.4. The summed E-state index contributed by atoms with van der Waals surface area (Å²) >= 11 is 0. The van der Waals surface area contributed by atoms with Crippen molar-refractivity contribution in [3.63, 3.8) is 0 Å². The quantitative estimate of drug-likeness (QED) is 0.393. The Morgan fingerprint density at radius 1 is 0.833 bits per heavy atom. The van der Waals surface area contributed by atoms with E-state index in [1.807, 2.05) is 0 Å². The van der Waals surface area contributed by atoms with Crippen LogP contribution in [0.25, 0.3) is 0 Å². The van der Waals surface area contributed by atoms with Gasteiger partial charge >= 0.3 is 0 Å². The van der Waals surface area contributed by atoms with Gasteiger partial charge in [-0.3, -0.25) is 0 Å². The summed E-state index contributed by atoms with van der Waals surface area (Å²) in [5.41, 5.74) is 1.24. The van der Waals surface area contributed by atoms with Crippen molar-refractivity contribution in [3.05, 3.63) is 12.7 Å². The summed E-state index contributed by atoms with van der Waals surface area (Å²) in [6.45, 7) is 20.4. The normalized spacial score (nSPS) is 50.4. The summed E-state index contributed by atoms with van der Waals surface area (Å²) in [6.07, 6.45) is 9.56. The Bertz CT molecular complexity index is 476. The minimum absolute atomic E-state index is 0.622. The molecule has 0 aromatic carbocycles. The van der Waals surface area contributed by atoms with Crippen LogP contribution in [0.3, 0.4) is 0 Å². The second-order valence-electron chi connectivity index (χ2n) is 11.4. The van der Waals surface area contributed by atoms with Gasteiger partial charge in [0.2, 0.25) is 0 Å². The van der Waals surface area contributed by atoms with E-state index in [9.17, 15) is 0 Å². The molecule has 1 heteroatoms. The van der Waals surface area contributed by atoms with Crippen molar-refractivity contribution < 1.29 is 0 Å². The van der Waals surface area contributed by atoms with E-state index < -0.39 is 0 Å². The van der Waals surface area contributed by atoms with Crippen LogP contribution in [0.4, 0.5) is 0 Å². The molecular weight excluding hydrogens is 287 g/mol. The van der Waals surface area contributed by atoms with Crippen molar-refractivity contribution in [2.75, 3.05) is 0 Å². The van der Waals surface area contributed by atoms with E-state index in [4.69, 9.17) is 0 Å². The van der Waals surface area contributed by atoms with Crippen LogP contribution in [0.15, 0.2) is 12.7 Å². The lowest BCUT2D eigenvalue weighted by atomic mass is 9.20. The molecular formula is C23H39B. The lowest BCUT2D eigenvalue weighted by Gasteiger charge is -2.66. The van der Waals surface area contributed by atoms with Crippen LogP contribution in [0.5, 0.6) is 0 Å². The van der Waals surface area contributed by atoms with Gasteiger partial charge in [-0.05, 0) is 59.2 Å².